The van der Waals surface area contributed by atoms with Gasteiger partial charge in [0.1, 0.15) is 6.10 Å². The summed E-state index contributed by atoms with van der Waals surface area (Å²) in [7, 11) is -3.55. The molecule has 1 aromatic carbocycles. The first kappa shape index (κ1) is 17.4. The van der Waals surface area contributed by atoms with Crippen LogP contribution in [-0.2, 0) is 30.4 Å². The van der Waals surface area contributed by atoms with Crippen LogP contribution >= 0.6 is 11.6 Å². The molecule has 7 heteroatoms. The maximum Gasteiger partial charge on any atom is 0.264 e. The minimum Gasteiger partial charge on any atom is -0.377 e. The van der Waals surface area contributed by atoms with E-state index in [1.165, 1.54) is 0 Å². The van der Waals surface area contributed by atoms with Crippen LogP contribution < -0.4 is 0 Å². The molecular weight excluding hydrogens is 304 g/mol. The van der Waals surface area contributed by atoms with Crippen molar-refractivity contribution in [2.75, 3.05) is 32.0 Å². The topological polar surface area (TPSA) is 61.8 Å². The van der Waals surface area contributed by atoms with Crippen molar-refractivity contribution >= 4 is 21.7 Å². The molecule has 0 amide bonds. The third-order valence-corrected chi connectivity index (χ3v) is 3.03. The van der Waals surface area contributed by atoms with Gasteiger partial charge < -0.3 is 9.47 Å². The Morgan fingerprint density at radius 3 is 2.40 bits per heavy atom. The fourth-order valence-corrected chi connectivity index (χ4v) is 2.22. The van der Waals surface area contributed by atoms with Crippen LogP contribution in [0.2, 0.25) is 0 Å². The normalized spacial score (nSPS) is 13.3. The largest absolute Gasteiger partial charge is 0.377 e. The van der Waals surface area contributed by atoms with Crippen molar-refractivity contribution in [2.24, 2.45) is 0 Å². The van der Waals surface area contributed by atoms with Crippen molar-refractivity contribution in [3.63, 3.8) is 0 Å². The molecule has 0 saturated heterocycles. The van der Waals surface area contributed by atoms with Crippen molar-refractivity contribution in [1.82, 2.24) is 0 Å². The van der Waals surface area contributed by atoms with E-state index in [-0.39, 0.29) is 13.2 Å². The summed E-state index contributed by atoms with van der Waals surface area (Å²) in [5, 5.41) is 0. The number of ether oxygens (including phenoxy) is 2. The Bertz CT molecular complexity index is 463. The van der Waals surface area contributed by atoms with E-state index >= 15 is 0 Å². The van der Waals surface area contributed by atoms with Crippen molar-refractivity contribution in [1.29, 1.82) is 0 Å². The monoisotopic (exact) mass is 322 g/mol. The van der Waals surface area contributed by atoms with E-state index in [4.69, 9.17) is 25.3 Å². The number of halogens is 1. The molecule has 0 saturated carbocycles. The summed E-state index contributed by atoms with van der Waals surface area (Å²) in [5.41, 5.74) is 1.01. The van der Waals surface area contributed by atoms with E-state index in [2.05, 4.69) is 0 Å². The molecule has 0 aromatic heterocycles. The molecule has 0 N–H and O–H groups in total. The first-order valence-electron chi connectivity index (χ1n) is 6.15. The van der Waals surface area contributed by atoms with E-state index < -0.39 is 16.2 Å². The van der Waals surface area contributed by atoms with Crippen LogP contribution in [-0.4, -0.2) is 46.5 Å². The van der Waals surface area contributed by atoms with Crippen molar-refractivity contribution in [3.05, 3.63) is 35.9 Å². The highest BCUT2D eigenvalue weighted by Crippen LogP contribution is 2.05. The van der Waals surface area contributed by atoms with Crippen LogP contribution in [0.1, 0.15) is 5.56 Å². The van der Waals surface area contributed by atoms with Gasteiger partial charge in [0.15, 0.2) is 0 Å². The van der Waals surface area contributed by atoms with Crippen LogP contribution in [0.5, 0.6) is 0 Å². The Morgan fingerprint density at radius 2 is 1.80 bits per heavy atom. The van der Waals surface area contributed by atoms with Gasteiger partial charge in [-0.25, -0.2) is 0 Å². The van der Waals surface area contributed by atoms with Gasteiger partial charge in [-0.3, -0.25) is 4.18 Å². The number of hydrogen-bond donors (Lipinski definition) is 0. The number of hydrogen-bond acceptors (Lipinski definition) is 5. The maximum absolute atomic E-state index is 11.1. The van der Waals surface area contributed by atoms with Gasteiger partial charge in [-0.1, -0.05) is 30.3 Å². The lowest BCUT2D eigenvalue weighted by atomic mass is 10.2. The molecule has 20 heavy (non-hydrogen) atoms. The Morgan fingerprint density at radius 1 is 1.15 bits per heavy atom. The lowest BCUT2D eigenvalue weighted by Crippen LogP contribution is -2.28. The van der Waals surface area contributed by atoms with Gasteiger partial charge in [0.25, 0.3) is 10.1 Å². The minimum atomic E-state index is -3.55. The maximum atomic E-state index is 11.1. The summed E-state index contributed by atoms with van der Waals surface area (Å²) in [6.07, 6.45) is 0.329. The molecule has 0 bridgehead atoms. The van der Waals surface area contributed by atoms with E-state index in [9.17, 15) is 8.42 Å². The molecule has 1 rings (SSSR count). The van der Waals surface area contributed by atoms with Crippen LogP contribution in [0.3, 0.4) is 0 Å². The zero-order valence-electron chi connectivity index (χ0n) is 11.3. The summed E-state index contributed by atoms with van der Waals surface area (Å²) in [4.78, 5) is 0. The fraction of sp³-hybridized carbons (Fsp3) is 0.538. The van der Waals surface area contributed by atoms with E-state index in [0.29, 0.717) is 19.1 Å². The smallest absolute Gasteiger partial charge is 0.264 e. The lowest BCUT2D eigenvalue weighted by molar-refractivity contribution is -0.00485. The molecule has 5 nitrogen and oxygen atoms in total. The molecule has 0 radical (unpaired) electrons. The standard InChI is InChI=1S/C13H19ClO5S/c1-20(15,16)19-13(10-17-8-7-14)11-18-9-12-5-3-2-4-6-12/h2-6,13H,7-11H2,1H3/t13-/m0/s1. The van der Waals surface area contributed by atoms with Crippen LogP contribution in [0.25, 0.3) is 0 Å². The molecule has 0 heterocycles. The molecule has 1 atom stereocenters. The molecule has 1 aromatic rings. The zero-order chi connectivity index (χ0) is 14.8. The number of rotatable bonds is 10. The van der Waals surface area contributed by atoms with Gasteiger partial charge in [0, 0.05) is 5.88 Å². The summed E-state index contributed by atoms with van der Waals surface area (Å²) >= 11 is 5.49. The Kier molecular flexibility index (Phi) is 8.09. The van der Waals surface area contributed by atoms with E-state index in [0.717, 1.165) is 11.8 Å². The highest BCUT2D eigenvalue weighted by Gasteiger charge is 2.16. The Hall–Kier alpha value is -0.660. The third-order valence-electron chi connectivity index (χ3n) is 2.25. The molecule has 0 aliphatic carbocycles. The predicted molar refractivity (Wildman–Crippen MR) is 77.4 cm³/mol. The average molecular weight is 323 g/mol. The van der Waals surface area contributed by atoms with Gasteiger partial charge in [-0.2, -0.15) is 8.42 Å². The molecular formula is C13H19ClO5S. The predicted octanol–water partition coefficient (Wildman–Crippen LogP) is 1.80. The summed E-state index contributed by atoms with van der Waals surface area (Å²) in [6, 6.07) is 9.59. The molecule has 0 fully saturated rings. The number of benzene rings is 1. The second-order valence-electron chi connectivity index (χ2n) is 4.19. The van der Waals surface area contributed by atoms with Crippen molar-refractivity contribution in [2.45, 2.75) is 12.7 Å². The van der Waals surface area contributed by atoms with Gasteiger partial charge >= 0.3 is 0 Å². The summed E-state index contributed by atoms with van der Waals surface area (Å²) in [5.74, 6) is 0.344. The summed E-state index contributed by atoms with van der Waals surface area (Å²) in [6.45, 7) is 0.975. The highest BCUT2D eigenvalue weighted by atomic mass is 35.5. The molecule has 0 spiro atoms. The third kappa shape index (κ3) is 8.50. The molecule has 0 aliphatic rings. The fourth-order valence-electron chi connectivity index (χ4n) is 1.50. The zero-order valence-corrected chi connectivity index (χ0v) is 12.9. The van der Waals surface area contributed by atoms with E-state index in [1.54, 1.807) is 0 Å². The summed E-state index contributed by atoms with van der Waals surface area (Å²) < 4.78 is 37.8. The Balaban J connectivity index is 2.39. The molecule has 0 aliphatic heterocycles. The van der Waals surface area contributed by atoms with Crippen molar-refractivity contribution < 1.29 is 22.1 Å². The first-order chi connectivity index (χ1) is 9.51. The SMILES string of the molecule is CS(=O)(=O)O[C@@H](COCCCl)COCc1ccccc1. The number of alkyl halides is 1. The van der Waals surface area contributed by atoms with Crippen molar-refractivity contribution in [3.8, 4) is 0 Å². The minimum absolute atomic E-state index is 0.120. The molecule has 114 valence electrons. The van der Waals surface area contributed by atoms with Gasteiger partial charge in [0.05, 0.1) is 32.7 Å². The van der Waals surface area contributed by atoms with E-state index in [1.807, 2.05) is 30.3 Å². The first-order valence-corrected chi connectivity index (χ1v) is 8.50. The lowest BCUT2D eigenvalue weighted by Gasteiger charge is -2.16. The highest BCUT2D eigenvalue weighted by molar-refractivity contribution is 7.86. The van der Waals surface area contributed by atoms with Gasteiger partial charge in [-0.15, -0.1) is 11.6 Å². The second-order valence-corrected chi connectivity index (χ2v) is 6.17. The quantitative estimate of drug-likeness (QED) is 0.373. The second kappa shape index (κ2) is 9.31. The van der Waals surface area contributed by atoms with Crippen LogP contribution in [0, 0.1) is 0 Å². The van der Waals surface area contributed by atoms with Gasteiger partial charge in [0.2, 0.25) is 0 Å². The van der Waals surface area contributed by atoms with Crippen LogP contribution in [0.4, 0.5) is 0 Å². The molecule has 0 unspecified atom stereocenters. The van der Waals surface area contributed by atoms with Gasteiger partial charge in [-0.05, 0) is 5.56 Å². The average Bonchev–Trinajstić information content (AvgIpc) is 2.38. The Labute approximate surface area is 124 Å². The van der Waals surface area contributed by atoms with Crippen LogP contribution in [0.15, 0.2) is 30.3 Å².